The van der Waals surface area contributed by atoms with Gasteiger partial charge >= 0.3 is 5.97 Å². The van der Waals surface area contributed by atoms with Crippen molar-refractivity contribution >= 4 is 11.7 Å². The van der Waals surface area contributed by atoms with Crippen molar-refractivity contribution in [2.24, 2.45) is 0 Å². The van der Waals surface area contributed by atoms with Gasteiger partial charge in [-0.2, -0.15) is 0 Å². The molecule has 0 radical (unpaired) electrons. The molecule has 3 aromatic rings. The maximum Gasteiger partial charge on any atom is 0.311 e. The van der Waals surface area contributed by atoms with Gasteiger partial charge in [-0.3, -0.25) is 4.79 Å². The first kappa shape index (κ1) is 20.5. The molecule has 0 fully saturated rings. The molecule has 1 aromatic heterocycles. The number of hydrogen-bond acceptors (Lipinski definition) is 5. The highest BCUT2D eigenvalue weighted by Crippen LogP contribution is 2.33. The predicted molar refractivity (Wildman–Crippen MR) is 116 cm³/mol. The fourth-order valence-electron chi connectivity index (χ4n) is 3.07. The number of esters is 1. The Morgan fingerprint density at radius 2 is 1.76 bits per heavy atom. The van der Waals surface area contributed by atoms with Crippen molar-refractivity contribution in [2.75, 3.05) is 26.1 Å². The van der Waals surface area contributed by atoms with Crippen molar-refractivity contribution in [1.29, 1.82) is 0 Å². The van der Waals surface area contributed by atoms with Crippen LogP contribution >= 0.6 is 0 Å². The molecule has 2 aromatic carbocycles. The lowest BCUT2D eigenvalue weighted by Crippen LogP contribution is -2.07. The smallest absolute Gasteiger partial charge is 0.311 e. The Labute approximate surface area is 171 Å². The molecule has 29 heavy (non-hydrogen) atoms. The third-order valence-corrected chi connectivity index (χ3v) is 4.66. The molecule has 3 rings (SSSR count). The minimum absolute atomic E-state index is 0.268. The maximum atomic E-state index is 11.8. The van der Waals surface area contributed by atoms with Crippen LogP contribution < -0.4 is 14.4 Å². The summed E-state index contributed by atoms with van der Waals surface area (Å²) in [5.74, 6) is 1.38. The van der Waals surface area contributed by atoms with Gasteiger partial charge in [0, 0.05) is 43.0 Å². The van der Waals surface area contributed by atoms with Crippen LogP contribution in [0.2, 0.25) is 0 Å². The summed E-state index contributed by atoms with van der Waals surface area (Å²) in [4.78, 5) is 22.0. The van der Waals surface area contributed by atoms with E-state index in [2.05, 4.69) is 34.1 Å². The van der Waals surface area contributed by atoms with Gasteiger partial charge in [-0.25, -0.2) is 4.98 Å². The maximum absolute atomic E-state index is 11.8. The molecule has 6 heteroatoms. The van der Waals surface area contributed by atoms with Crippen molar-refractivity contribution in [3.8, 4) is 34.1 Å². The first-order chi connectivity index (χ1) is 13.9. The van der Waals surface area contributed by atoms with Crippen LogP contribution in [0.25, 0.3) is 22.6 Å². The number of aryl methyl sites for hydroxylation is 1. The number of carbonyl (C=O) groups excluding carboxylic acids is 1. The number of anilines is 1. The highest BCUT2D eigenvalue weighted by molar-refractivity contribution is 5.75. The first-order valence-electron chi connectivity index (χ1n) is 9.66. The van der Waals surface area contributed by atoms with Gasteiger partial charge in [-0.05, 0) is 43.7 Å². The summed E-state index contributed by atoms with van der Waals surface area (Å²) in [5.41, 5.74) is 4.93. The molecule has 0 saturated carbocycles. The molecule has 0 aliphatic heterocycles. The minimum Gasteiger partial charge on any atom is -0.493 e. The largest absolute Gasteiger partial charge is 0.493 e. The van der Waals surface area contributed by atoms with Crippen LogP contribution in [-0.4, -0.2) is 37.1 Å². The molecule has 1 heterocycles. The molecule has 0 aliphatic carbocycles. The molecule has 0 unspecified atom stereocenters. The molecule has 0 spiro atoms. The monoisotopic (exact) mass is 393 g/mol. The van der Waals surface area contributed by atoms with E-state index >= 15 is 0 Å². The lowest BCUT2D eigenvalue weighted by atomic mass is 10.1. The van der Waals surface area contributed by atoms with E-state index in [0.29, 0.717) is 17.9 Å². The van der Waals surface area contributed by atoms with Gasteiger partial charge in [-0.15, -0.1) is 0 Å². The molecular weight excluding hydrogens is 366 g/mol. The Morgan fingerprint density at radius 3 is 2.38 bits per heavy atom. The van der Waals surface area contributed by atoms with Gasteiger partial charge in [0.2, 0.25) is 0 Å². The number of aromatic amines is 1. The van der Waals surface area contributed by atoms with Gasteiger partial charge in [0.15, 0.2) is 11.5 Å². The third-order valence-electron chi connectivity index (χ3n) is 4.66. The number of methoxy groups -OCH3 is 1. The van der Waals surface area contributed by atoms with E-state index in [1.54, 1.807) is 13.2 Å². The number of imidazole rings is 1. The van der Waals surface area contributed by atoms with Crippen LogP contribution in [-0.2, 0) is 4.79 Å². The second-order valence-corrected chi connectivity index (χ2v) is 7.09. The highest BCUT2D eigenvalue weighted by atomic mass is 16.6. The van der Waals surface area contributed by atoms with Gasteiger partial charge < -0.3 is 19.4 Å². The van der Waals surface area contributed by atoms with Crippen LogP contribution in [0.15, 0.2) is 42.5 Å². The Bertz CT molecular complexity index is 991. The molecule has 1 N–H and O–H groups in total. The number of nitrogens with one attached hydrogen (secondary N) is 1. The van der Waals surface area contributed by atoms with Crippen LogP contribution in [0.5, 0.6) is 11.5 Å². The molecule has 0 amide bonds. The Morgan fingerprint density at radius 1 is 1.07 bits per heavy atom. The number of aromatic nitrogens is 2. The average molecular weight is 393 g/mol. The van der Waals surface area contributed by atoms with Crippen molar-refractivity contribution in [2.45, 2.75) is 26.7 Å². The third kappa shape index (κ3) is 4.59. The Balaban J connectivity index is 1.89. The van der Waals surface area contributed by atoms with Crippen LogP contribution in [0.1, 0.15) is 25.5 Å². The molecular formula is C23H27N3O3. The van der Waals surface area contributed by atoms with Gasteiger partial charge in [0.05, 0.1) is 12.8 Å². The van der Waals surface area contributed by atoms with Crippen LogP contribution in [0.3, 0.4) is 0 Å². The van der Waals surface area contributed by atoms with E-state index in [1.807, 2.05) is 40.1 Å². The standard InChI is InChI=1S/C23H27N3O3/c1-6-7-21(27)29-19-13-10-17(14-20(19)28-5)23-24-15(2)22(25-23)16-8-11-18(12-9-16)26(3)4/h8-14H,6-7H2,1-5H3,(H,24,25). The normalized spacial score (nSPS) is 10.7. The van der Waals surface area contributed by atoms with Crippen LogP contribution in [0, 0.1) is 6.92 Å². The molecule has 0 aliphatic rings. The van der Waals surface area contributed by atoms with E-state index in [1.165, 1.54) is 0 Å². The Hall–Kier alpha value is -3.28. The summed E-state index contributed by atoms with van der Waals surface area (Å²) < 4.78 is 10.8. The van der Waals surface area contributed by atoms with Crippen molar-refractivity contribution in [3.63, 3.8) is 0 Å². The zero-order chi connectivity index (χ0) is 21.0. The Kier molecular flexibility index (Phi) is 6.22. The average Bonchev–Trinajstić information content (AvgIpc) is 3.10. The van der Waals surface area contributed by atoms with Crippen molar-refractivity contribution < 1.29 is 14.3 Å². The van der Waals surface area contributed by atoms with Crippen LogP contribution in [0.4, 0.5) is 5.69 Å². The van der Waals surface area contributed by atoms with E-state index < -0.39 is 0 Å². The number of carbonyl (C=O) groups is 1. The number of benzene rings is 2. The highest BCUT2D eigenvalue weighted by Gasteiger charge is 2.15. The lowest BCUT2D eigenvalue weighted by molar-refractivity contribution is -0.134. The van der Waals surface area contributed by atoms with Gasteiger partial charge in [0.25, 0.3) is 0 Å². The zero-order valence-electron chi connectivity index (χ0n) is 17.6. The molecule has 0 saturated heterocycles. The first-order valence-corrected chi connectivity index (χ1v) is 9.66. The summed E-state index contributed by atoms with van der Waals surface area (Å²) in [7, 11) is 5.59. The van der Waals surface area contributed by atoms with Crippen molar-refractivity contribution in [1.82, 2.24) is 9.97 Å². The number of H-pyrrole nitrogens is 1. The quantitative estimate of drug-likeness (QED) is 0.460. The predicted octanol–water partition coefficient (Wildman–Crippen LogP) is 4.83. The summed E-state index contributed by atoms with van der Waals surface area (Å²) in [6, 6.07) is 13.7. The van der Waals surface area contributed by atoms with Crippen molar-refractivity contribution in [3.05, 3.63) is 48.2 Å². The van der Waals surface area contributed by atoms with E-state index in [9.17, 15) is 4.79 Å². The summed E-state index contributed by atoms with van der Waals surface area (Å²) in [5, 5.41) is 0. The van der Waals surface area contributed by atoms with E-state index in [4.69, 9.17) is 14.5 Å². The summed E-state index contributed by atoms with van der Waals surface area (Å²) in [6.45, 7) is 3.94. The molecule has 6 nitrogen and oxygen atoms in total. The number of hydrogen-bond donors (Lipinski definition) is 1. The second kappa shape index (κ2) is 8.82. The lowest BCUT2D eigenvalue weighted by Gasteiger charge is -2.12. The van der Waals surface area contributed by atoms with Gasteiger partial charge in [0.1, 0.15) is 5.82 Å². The number of nitrogens with zero attached hydrogens (tertiary/aromatic N) is 2. The summed E-state index contributed by atoms with van der Waals surface area (Å²) >= 11 is 0. The number of rotatable bonds is 7. The fourth-order valence-corrected chi connectivity index (χ4v) is 3.07. The van der Waals surface area contributed by atoms with E-state index in [-0.39, 0.29) is 5.97 Å². The zero-order valence-corrected chi connectivity index (χ0v) is 17.6. The fraction of sp³-hybridized carbons (Fsp3) is 0.304. The topological polar surface area (TPSA) is 67.5 Å². The van der Waals surface area contributed by atoms with E-state index in [0.717, 1.165) is 40.4 Å². The second-order valence-electron chi connectivity index (χ2n) is 7.09. The summed E-state index contributed by atoms with van der Waals surface area (Å²) in [6.07, 6.45) is 1.11. The SMILES string of the molecule is CCCC(=O)Oc1ccc(-c2nc(-c3ccc(N(C)C)cc3)c(C)[nH]2)cc1OC. The molecule has 0 atom stereocenters. The number of ether oxygens (including phenoxy) is 2. The molecule has 152 valence electrons. The minimum atomic E-state index is -0.268. The van der Waals surface area contributed by atoms with Gasteiger partial charge in [-0.1, -0.05) is 19.1 Å². The molecule has 0 bridgehead atoms.